The minimum Gasteiger partial charge on any atom is -0.457 e. The van der Waals surface area contributed by atoms with Crippen molar-refractivity contribution >= 4 is 5.97 Å². The molecule has 3 aliphatic carbocycles. The van der Waals surface area contributed by atoms with Crippen molar-refractivity contribution in [3.05, 3.63) is 11.6 Å². The van der Waals surface area contributed by atoms with Crippen LogP contribution in [0.3, 0.4) is 0 Å². The Labute approximate surface area is 230 Å². The van der Waals surface area contributed by atoms with Crippen LogP contribution in [0, 0.1) is 39.9 Å². The molecule has 0 amide bonds. The van der Waals surface area contributed by atoms with Crippen LogP contribution in [0.5, 0.6) is 0 Å². The predicted octanol–water partition coefficient (Wildman–Crippen LogP) is 5.42. The second-order valence-electron chi connectivity index (χ2n) is 15.2. The third-order valence-electron chi connectivity index (χ3n) is 11.5. The summed E-state index contributed by atoms with van der Waals surface area (Å²) in [6.07, 6.45) is 6.20. The summed E-state index contributed by atoms with van der Waals surface area (Å²) >= 11 is 0. The van der Waals surface area contributed by atoms with E-state index >= 15 is 0 Å². The minimum atomic E-state index is -1.26. The Balaban J connectivity index is 1.69. The molecule has 1 saturated heterocycles. The zero-order chi connectivity index (χ0) is 28.4. The van der Waals surface area contributed by atoms with Gasteiger partial charge < -0.3 is 24.8 Å². The largest absolute Gasteiger partial charge is 0.457 e. The number of aliphatic hydroxyl groups excluding tert-OH is 2. The predicted molar refractivity (Wildman–Crippen MR) is 148 cm³/mol. The lowest BCUT2D eigenvalue weighted by atomic mass is 9.45. The first-order valence-corrected chi connectivity index (χ1v) is 15.0. The van der Waals surface area contributed by atoms with Gasteiger partial charge in [-0.05, 0) is 98.7 Å². The van der Waals surface area contributed by atoms with Crippen LogP contribution in [0.4, 0.5) is 0 Å². The number of esters is 1. The highest BCUT2D eigenvalue weighted by atomic mass is 16.6. The first-order valence-electron chi connectivity index (χ1n) is 15.0. The van der Waals surface area contributed by atoms with Crippen LogP contribution in [-0.4, -0.2) is 57.4 Å². The van der Waals surface area contributed by atoms with Crippen LogP contribution in [0.15, 0.2) is 11.6 Å². The van der Waals surface area contributed by atoms with E-state index in [-0.39, 0.29) is 34.7 Å². The number of hydrogen-bond acceptors (Lipinski definition) is 6. The van der Waals surface area contributed by atoms with Gasteiger partial charge in [0.2, 0.25) is 0 Å². The van der Waals surface area contributed by atoms with E-state index in [2.05, 4.69) is 47.6 Å². The van der Waals surface area contributed by atoms with E-state index in [9.17, 15) is 20.1 Å². The average molecular weight is 535 g/mol. The Bertz CT molecular complexity index is 915. The fraction of sp³-hybridized carbons (Fsp3) is 0.906. The number of ether oxygens (including phenoxy) is 2. The quantitative estimate of drug-likeness (QED) is 0.331. The molecule has 4 rings (SSSR count). The average Bonchev–Trinajstić information content (AvgIpc) is 2.83. The SMILES string of the molecule is CC(=O)OC(C1CC(C)C2CCC=C3C(CCC4C3(C)CCC(O)C4(C)C)C(C)(C)C(O)C2O1)C(C)(C)O. The van der Waals surface area contributed by atoms with Gasteiger partial charge in [-0.2, -0.15) is 0 Å². The maximum atomic E-state index is 12.2. The molecule has 3 N–H and O–H groups in total. The van der Waals surface area contributed by atoms with E-state index < -0.39 is 41.4 Å². The standard InChI is InChI=1S/C32H54O6/c1-18-17-23(28(31(7,8)36)37-19(2)33)38-26-20(18)11-10-12-22-21(29(3,4)27(26)35)13-14-24-30(5,6)25(34)15-16-32(22,24)9/h12,18,20-21,23-28,34-36H,10-11,13-17H2,1-9H3. The number of carbonyl (C=O) groups is 1. The Kier molecular flexibility index (Phi) is 8.02. The van der Waals surface area contributed by atoms with Gasteiger partial charge in [-0.15, -0.1) is 0 Å². The molecule has 1 aliphatic heterocycles. The van der Waals surface area contributed by atoms with Crippen molar-refractivity contribution in [2.75, 3.05) is 0 Å². The van der Waals surface area contributed by atoms with Crippen molar-refractivity contribution in [3.8, 4) is 0 Å². The molecule has 0 bridgehead atoms. The summed E-state index contributed by atoms with van der Waals surface area (Å²) in [5, 5.41) is 34.0. The fourth-order valence-corrected chi connectivity index (χ4v) is 9.20. The molecule has 0 aromatic carbocycles. The molecule has 3 fully saturated rings. The zero-order valence-electron chi connectivity index (χ0n) is 25.3. The molecule has 1 heterocycles. The van der Waals surface area contributed by atoms with Crippen molar-refractivity contribution < 1.29 is 29.6 Å². The summed E-state index contributed by atoms with van der Waals surface area (Å²) in [6.45, 7) is 18.2. The first kappa shape index (κ1) is 30.0. The van der Waals surface area contributed by atoms with Crippen molar-refractivity contribution in [2.24, 2.45) is 39.9 Å². The molecule has 6 nitrogen and oxygen atoms in total. The minimum absolute atomic E-state index is 0.00843. The molecule has 38 heavy (non-hydrogen) atoms. The number of aliphatic hydroxyl groups is 3. The van der Waals surface area contributed by atoms with Crippen molar-refractivity contribution in [3.63, 3.8) is 0 Å². The van der Waals surface area contributed by atoms with Gasteiger partial charge in [0.25, 0.3) is 0 Å². The monoisotopic (exact) mass is 534 g/mol. The highest BCUT2D eigenvalue weighted by Crippen LogP contribution is 2.64. The lowest BCUT2D eigenvalue weighted by Gasteiger charge is -2.61. The third-order valence-corrected chi connectivity index (χ3v) is 11.5. The molecular weight excluding hydrogens is 480 g/mol. The maximum Gasteiger partial charge on any atom is 0.303 e. The number of allylic oxidation sites excluding steroid dienone is 2. The van der Waals surface area contributed by atoms with Crippen LogP contribution >= 0.6 is 0 Å². The van der Waals surface area contributed by atoms with Crippen LogP contribution in [0.1, 0.15) is 107 Å². The zero-order valence-corrected chi connectivity index (χ0v) is 25.3. The molecular formula is C32H54O6. The molecule has 10 unspecified atom stereocenters. The van der Waals surface area contributed by atoms with Gasteiger partial charge in [-0.3, -0.25) is 4.79 Å². The molecule has 218 valence electrons. The van der Waals surface area contributed by atoms with E-state index in [0.717, 1.165) is 38.5 Å². The molecule has 10 atom stereocenters. The van der Waals surface area contributed by atoms with Crippen molar-refractivity contribution in [1.29, 1.82) is 0 Å². The van der Waals surface area contributed by atoms with Gasteiger partial charge >= 0.3 is 5.97 Å². The van der Waals surface area contributed by atoms with E-state index in [4.69, 9.17) is 9.47 Å². The lowest BCUT2D eigenvalue weighted by molar-refractivity contribution is -0.233. The molecule has 0 spiro atoms. The van der Waals surface area contributed by atoms with Gasteiger partial charge in [0.15, 0.2) is 6.10 Å². The Morgan fingerprint density at radius 1 is 1.08 bits per heavy atom. The van der Waals surface area contributed by atoms with Crippen LogP contribution in [0.2, 0.25) is 0 Å². The van der Waals surface area contributed by atoms with Gasteiger partial charge in [0.05, 0.1) is 30.0 Å². The van der Waals surface area contributed by atoms with Crippen molar-refractivity contribution in [1.82, 2.24) is 0 Å². The molecule has 0 aromatic heterocycles. The highest BCUT2D eigenvalue weighted by Gasteiger charge is 2.59. The van der Waals surface area contributed by atoms with Gasteiger partial charge in [0, 0.05) is 6.92 Å². The third kappa shape index (κ3) is 5.01. The molecule has 2 saturated carbocycles. The highest BCUT2D eigenvalue weighted by molar-refractivity contribution is 5.66. The number of hydrogen-bond donors (Lipinski definition) is 3. The van der Waals surface area contributed by atoms with Crippen LogP contribution in [0.25, 0.3) is 0 Å². The van der Waals surface area contributed by atoms with Gasteiger partial charge in [0.1, 0.15) is 0 Å². The van der Waals surface area contributed by atoms with Crippen LogP contribution < -0.4 is 0 Å². The molecule has 0 radical (unpaired) electrons. The summed E-state index contributed by atoms with van der Waals surface area (Å²) in [7, 11) is 0. The van der Waals surface area contributed by atoms with E-state index in [1.54, 1.807) is 13.8 Å². The summed E-state index contributed by atoms with van der Waals surface area (Å²) in [6, 6.07) is 0. The summed E-state index contributed by atoms with van der Waals surface area (Å²) < 4.78 is 12.3. The van der Waals surface area contributed by atoms with Crippen molar-refractivity contribution in [2.45, 2.75) is 143 Å². The molecule has 0 aromatic rings. The first-order chi connectivity index (χ1) is 17.4. The Morgan fingerprint density at radius 3 is 2.34 bits per heavy atom. The van der Waals surface area contributed by atoms with Gasteiger partial charge in [-0.25, -0.2) is 0 Å². The summed E-state index contributed by atoms with van der Waals surface area (Å²) in [5.41, 5.74) is -0.339. The second-order valence-corrected chi connectivity index (χ2v) is 15.2. The lowest BCUT2D eigenvalue weighted by Crippen LogP contribution is -2.60. The Hall–Kier alpha value is -0.950. The maximum absolute atomic E-state index is 12.2. The molecule has 4 aliphatic rings. The summed E-state index contributed by atoms with van der Waals surface area (Å²) in [5.74, 6) is 0.611. The van der Waals surface area contributed by atoms with E-state index in [1.807, 2.05) is 0 Å². The number of rotatable bonds is 3. The van der Waals surface area contributed by atoms with Gasteiger partial charge in [-0.1, -0.05) is 53.2 Å². The topological polar surface area (TPSA) is 96.2 Å². The number of carbonyl (C=O) groups excluding carboxylic acids is 1. The van der Waals surface area contributed by atoms with Crippen LogP contribution in [-0.2, 0) is 14.3 Å². The normalized spacial score (nSPS) is 43.6. The van der Waals surface area contributed by atoms with E-state index in [0.29, 0.717) is 12.3 Å². The second kappa shape index (κ2) is 10.2. The number of fused-ring (bicyclic) bond motifs is 4. The fourth-order valence-electron chi connectivity index (χ4n) is 9.20. The Morgan fingerprint density at radius 2 is 1.74 bits per heavy atom. The van der Waals surface area contributed by atoms with E-state index in [1.165, 1.54) is 12.5 Å². The summed E-state index contributed by atoms with van der Waals surface area (Å²) in [4.78, 5) is 11.9. The smallest absolute Gasteiger partial charge is 0.303 e. The molecule has 6 heteroatoms.